The predicted octanol–water partition coefficient (Wildman–Crippen LogP) is 4.64. The Bertz CT molecular complexity index is 431. The highest BCUT2D eigenvalue weighted by Gasteiger charge is 2.33. The van der Waals surface area contributed by atoms with Crippen LogP contribution in [0.2, 0.25) is 0 Å². The molecule has 2 saturated carbocycles. The second-order valence-electron chi connectivity index (χ2n) is 6.82. The van der Waals surface area contributed by atoms with Crippen molar-refractivity contribution in [2.45, 2.75) is 75.8 Å². The van der Waals surface area contributed by atoms with Gasteiger partial charge in [0.1, 0.15) is 5.75 Å². The van der Waals surface area contributed by atoms with Gasteiger partial charge in [0.05, 0.1) is 7.11 Å². The fourth-order valence-corrected chi connectivity index (χ4v) is 3.97. The third kappa shape index (κ3) is 3.79. The molecule has 2 aliphatic carbocycles. The van der Waals surface area contributed by atoms with Crippen molar-refractivity contribution in [1.82, 2.24) is 5.32 Å². The molecule has 0 radical (unpaired) electrons. The number of benzene rings is 1. The molecular formula is C19H29NO. The Morgan fingerprint density at radius 3 is 2.29 bits per heavy atom. The molecule has 0 aliphatic heterocycles. The molecule has 0 saturated heterocycles. The largest absolute Gasteiger partial charge is 0.496 e. The van der Waals surface area contributed by atoms with E-state index in [1.807, 2.05) is 0 Å². The Labute approximate surface area is 129 Å². The van der Waals surface area contributed by atoms with Crippen LogP contribution in [0.3, 0.4) is 0 Å². The number of methoxy groups -OCH3 is 1. The average molecular weight is 287 g/mol. The van der Waals surface area contributed by atoms with Gasteiger partial charge in [-0.05, 0) is 43.2 Å². The van der Waals surface area contributed by atoms with Gasteiger partial charge in [-0.3, -0.25) is 0 Å². The molecule has 2 aliphatic rings. The second-order valence-corrected chi connectivity index (χ2v) is 6.82. The lowest BCUT2D eigenvalue weighted by atomic mass is 9.75. The van der Waals surface area contributed by atoms with E-state index in [1.165, 1.54) is 63.4 Å². The molecule has 2 nitrogen and oxygen atoms in total. The van der Waals surface area contributed by atoms with Gasteiger partial charge in [-0.15, -0.1) is 0 Å². The minimum atomic E-state index is 0.687. The monoisotopic (exact) mass is 287 g/mol. The van der Waals surface area contributed by atoms with Crippen molar-refractivity contribution < 1.29 is 4.74 Å². The summed E-state index contributed by atoms with van der Waals surface area (Å²) in [6.45, 7) is 0. The van der Waals surface area contributed by atoms with Crippen LogP contribution < -0.4 is 10.1 Å². The average Bonchev–Trinajstić information content (AvgIpc) is 2.44. The molecule has 0 aromatic heterocycles. The number of hydrogen-bond acceptors (Lipinski definition) is 2. The van der Waals surface area contributed by atoms with Crippen LogP contribution in [-0.4, -0.2) is 19.2 Å². The topological polar surface area (TPSA) is 21.3 Å². The first-order valence-corrected chi connectivity index (χ1v) is 8.76. The first-order chi connectivity index (χ1) is 10.4. The van der Waals surface area contributed by atoms with Crippen LogP contribution >= 0.6 is 0 Å². The van der Waals surface area contributed by atoms with Gasteiger partial charge in [-0.1, -0.05) is 50.3 Å². The van der Waals surface area contributed by atoms with E-state index in [0.717, 1.165) is 17.8 Å². The minimum absolute atomic E-state index is 0.687. The van der Waals surface area contributed by atoms with Crippen LogP contribution in [0.25, 0.3) is 0 Å². The molecule has 21 heavy (non-hydrogen) atoms. The predicted molar refractivity (Wildman–Crippen MR) is 88.0 cm³/mol. The molecule has 2 heteroatoms. The summed E-state index contributed by atoms with van der Waals surface area (Å²) in [5.41, 5.74) is 1.40. The third-order valence-electron chi connectivity index (χ3n) is 5.29. The summed E-state index contributed by atoms with van der Waals surface area (Å²) in [6, 6.07) is 10.0. The summed E-state index contributed by atoms with van der Waals surface area (Å²) in [6.07, 6.45) is 12.5. The van der Waals surface area contributed by atoms with E-state index < -0.39 is 0 Å². The number of rotatable bonds is 4. The zero-order chi connectivity index (χ0) is 14.5. The van der Waals surface area contributed by atoms with Crippen LogP contribution in [0, 0.1) is 0 Å². The molecule has 1 aromatic rings. The number of para-hydroxylation sites is 1. The van der Waals surface area contributed by atoms with E-state index in [9.17, 15) is 0 Å². The van der Waals surface area contributed by atoms with Crippen LogP contribution in [0.4, 0.5) is 0 Å². The number of ether oxygens (including phenoxy) is 1. The van der Waals surface area contributed by atoms with Gasteiger partial charge in [0.25, 0.3) is 0 Å². The number of nitrogens with one attached hydrogen (secondary N) is 1. The molecule has 0 spiro atoms. The Balaban J connectivity index is 1.48. The number of hydrogen-bond donors (Lipinski definition) is 1. The second kappa shape index (κ2) is 7.31. The van der Waals surface area contributed by atoms with Crippen molar-refractivity contribution >= 4 is 0 Å². The van der Waals surface area contributed by atoms with Gasteiger partial charge in [0.2, 0.25) is 0 Å². The van der Waals surface area contributed by atoms with Crippen molar-refractivity contribution in [2.24, 2.45) is 0 Å². The molecule has 0 unspecified atom stereocenters. The third-order valence-corrected chi connectivity index (χ3v) is 5.29. The summed E-state index contributed by atoms with van der Waals surface area (Å²) >= 11 is 0. The summed E-state index contributed by atoms with van der Waals surface area (Å²) in [7, 11) is 1.78. The Morgan fingerprint density at radius 1 is 0.905 bits per heavy atom. The van der Waals surface area contributed by atoms with Crippen LogP contribution in [-0.2, 0) is 0 Å². The highest BCUT2D eigenvalue weighted by molar-refractivity contribution is 5.37. The van der Waals surface area contributed by atoms with Crippen LogP contribution in [0.15, 0.2) is 24.3 Å². The molecule has 1 N–H and O–H groups in total. The highest BCUT2D eigenvalue weighted by Crippen LogP contribution is 2.41. The maximum Gasteiger partial charge on any atom is 0.122 e. The minimum Gasteiger partial charge on any atom is -0.496 e. The maximum absolute atomic E-state index is 5.50. The van der Waals surface area contributed by atoms with Gasteiger partial charge in [-0.2, -0.15) is 0 Å². The van der Waals surface area contributed by atoms with Crippen molar-refractivity contribution in [2.75, 3.05) is 7.11 Å². The van der Waals surface area contributed by atoms with Gasteiger partial charge >= 0.3 is 0 Å². The van der Waals surface area contributed by atoms with Crippen molar-refractivity contribution in [1.29, 1.82) is 0 Å². The van der Waals surface area contributed by atoms with E-state index in [1.54, 1.807) is 7.11 Å². The molecule has 0 heterocycles. The van der Waals surface area contributed by atoms with Crippen molar-refractivity contribution in [3.8, 4) is 5.75 Å². The molecule has 0 atom stereocenters. The normalized spacial score (nSPS) is 27.5. The van der Waals surface area contributed by atoms with Crippen LogP contribution in [0.1, 0.15) is 69.3 Å². The van der Waals surface area contributed by atoms with E-state index in [4.69, 9.17) is 4.74 Å². The summed E-state index contributed by atoms with van der Waals surface area (Å²) in [5, 5.41) is 3.92. The van der Waals surface area contributed by atoms with E-state index in [2.05, 4.69) is 29.6 Å². The smallest absolute Gasteiger partial charge is 0.122 e. The van der Waals surface area contributed by atoms with Gasteiger partial charge in [0.15, 0.2) is 0 Å². The lowest BCUT2D eigenvalue weighted by Gasteiger charge is -2.39. The highest BCUT2D eigenvalue weighted by atomic mass is 16.5. The van der Waals surface area contributed by atoms with Gasteiger partial charge < -0.3 is 10.1 Å². The zero-order valence-corrected chi connectivity index (χ0v) is 13.3. The molecule has 1 aromatic carbocycles. The lowest BCUT2D eigenvalue weighted by Crippen LogP contribution is -2.45. The van der Waals surface area contributed by atoms with E-state index in [-0.39, 0.29) is 0 Å². The summed E-state index contributed by atoms with van der Waals surface area (Å²) in [4.78, 5) is 0. The van der Waals surface area contributed by atoms with Crippen molar-refractivity contribution in [3.63, 3.8) is 0 Å². The Kier molecular flexibility index (Phi) is 5.18. The molecule has 0 bridgehead atoms. The van der Waals surface area contributed by atoms with Crippen LogP contribution in [0.5, 0.6) is 5.75 Å². The van der Waals surface area contributed by atoms with Gasteiger partial charge in [-0.25, -0.2) is 0 Å². The van der Waals surface area contributed by atoms with E-state index >= 15 is 0 Å². The van der Waals surface area contributed by atoms with E-state index in [0.29, 0.717) is 5.92 Å². The first-order valence-electron chi connectivity index (χ1n) is 8.76. The fourth-order valence-electron chi connectivity index (χ4n) is 3.97. The molecule has 0 amide bonds. The van der Waals surface area contributed by atoms with Gasteiger partial charge in [0, 0.05) is 12.1 Å². The first kappa shape index (κ1) is 14.9. The fraction of sp³-hybridized carbons (Fsp3) is 0.684. The summed E-state index contributed by atoms with van der Waals surface area (Å²) < 4.78 is 5.50. The molecule has 116 valence electrons. The maximum atomic E-state index is 5.50. The Hall–Kier alpha value is -1.02. The standard InChI is InChI=1S/C19H29NO/c1-21-19-12-8-7-11-18(19)15-13-17(14-15)20-16-9-5-3-2-4-6-10-16/h7-8,11-12,15-17,20H,2-6,9-10,13-14H2,1H3. The van der Waals surface area contributed by atoms with Crippen molar-refractivity contribution in [3.05, 3.63) is 29.8 Å². The molecule has 3 rings (SSSR count). The molecule has 2 fully saturated rings. The Morgan fingerprint density at radius 2 is 1.57 bits per heavy atom. The summed E-state index contributed by atoms with van der Waals surface area (Å²) in [5.74, 6) is 1.75. The zero-order valence-electron chi connectivity index (χ0n) is 13.3. The molecular weight excluding hydrogens is 258 g/mol. The SMILES string of the molecule is COc1ccccc1C1CC(NC2CCCCCCC2)C1. The quantitative estimate of drug-likeness (QED) is 0.870. The lowest BCUT2D eigenvalue weighted by molar-refractivity contribution is 0.241.